The molecule has 3 heterocycles. The first-order chi connectivity index (χ1) is 12.1. The highest BCUT2D eigenvalue weighted by Gasteiger charge is 2.28. The number of carbonyl (C=O) groups is 1. The molecule has 25 heavy (non-hydrogen) atoms. The molecule has 6 heteroatoms. The van der Waals surface area contributed by atoms with Crippen LogP contribution in [0.1, 0.15) is 12.1 Å². The normalized spacial score (nSPS) is 17.4. The fraction of sp³-hybridized carbons (Fsp3) is 0.316. The number of hydrogen-bond donors (Lipinski definition) is 1. The number of hydrogen-bond acceptors (Lipinski definition) is 3. The smallest absolute Gasteiger partial charge is 0.222 e. The summed E-state index contributed by atoms with van der Waals surface area (Å²) in [7, 11) is 1.86. The third kappa shape index (κ3) is 2.95. The van der Waals surface area contributed by atoms with E-state index in [2.05, 4.69) is 31.7 Å². The van der Waals surface area contributed by atoms with Crippen LogP contribution in [-0.2, 0) is 11.3 Å². The van der Waals surface area contributed by atoms with Gasteiger partial charge < -0.3 is 14.5 Å². The molecule has 128 valence electrons. The number of nitrogens with one attached hydrogen (secondary N) is 1. The number of aromatic amines is 1. The highest BCUT2D eigenvalue weighted by atomic mass is 16.2. The zero-order valence-corrected chi connectivity index (χ0v) is 14.4. The second-order valence-electron chi connectivity index (χ2n) is 6.72. The molecule has 1 aromatic carbocycles. The van der Waals surface area contributed by atoms with E-state index in [0.29, 0.717) is 12.3 Å². The van der Waals surface area contributed by atoms with E-state index in [0.717, 1.165) is 41.6 Å². The van der Waals surface area contributed by atoms with Gasteiger partial charge in [0.05, 0.1) is 12.0 Å². The van der Waals surface area contributed by atoms with Crippen molar-refractivity contribution in [1.29, 1.82) is 0 Å². The summed E-state index contributed by atoms with van der Waals surface area (Å²) in [4.78, 5) is 26.1. The third-order valence-corrected chi connectivity index (χ3v) is 4.69. The van der Waals surface area contributed by atoms with Crippen molar-refractivity contribution in [2.45, 2.75) is 19.9 Å². The van der Waals surface area contributed by atoms with Gasteiger partial charge in [0, 0.05) is 49.9 Å². The molecule has 2 aromatic heterocycles. The van der Waals surface area contributed by atoms with Crippen LogP contribution in [0.25, 0.3) is 22.8 Å². The van der Waals surface area contributed by atoms with E-state index in [9.17, 15) is 4.79 Å². The Hall–Kier alpha value is -2.89. The van der Waals surface area contributed by atoms with E-state index in [-0.39, 0.29) is 5.91 Å². The van der Waals surface area contributed by atoms with Crippen LogP contribution in [0.4, 0.5) is 0 Å². The van der Waals surface area contributed by atoms with Gasteiger partial charge in [-0.05, 0) is 6.92 Å². The standard InChI is InChI=1S/C19H21N5O/c1-13-9-20-19(22-13)18-17(15-6-4-3-5-7-15)21-12-24(18)11-14-8-16(25)23(2)10-14/h3-7,9,12,14H,8,10-11H2,1-2H3,(H,20,22)/t14-/m0/s1. The zero-order valence-electron chi connectivity index (χ0n) is 14.4. The predicted octanol–water partition coefficient (Wildman–Crippen LogP) is 2.73. The number of aryl methyl sites for hydroxylation is 1. The van der Waals surface area contributed by atoms with Gasteiger partial charge in [0.25, 0.3) is 0 Å². The topological polar surface area (TPSA) is 66.8 Å². The minimum atomic E-state index is 0.212. The lowest BCUT2D eigenvalue weighted by molar-refractivity contribution is -0.126. The molecule has 0 aliphatic carbocycles. The molecule has 0 spiro atoms. The highest BCUT2D eigenvalue weighted by Crippen LogP contribution is 2.31. The van der Waals surface area contributed by atoms with Gasteiger partial charge in [0.2, 0.25) is 5.91 Å². The molecule has 1 aliphatic heterocycles. The predicted molar refractivity (Wildman–Crippen MR) is 95.7 cm³/mol. The molecule has 0 saturated carbocycles. The van der Waals surface area contributed by atoms with Crippen molar-refractivity contribution in [2.24, 2.45) is 5.92 Å². The average Bonchev–Trinajstić information content (AvgIpc) is 3.29. The number of rotatable bonds is 4. The Bertz CT molecular complexity index is 896. The molecule has 1 fully saturated rings. The number of likely N-dealkylation sites (tertiary alicyclic amines) is 1. The minimum absolute atomic E-state index is 0.212. The van der Waals surface area contributed by atoms with Crippen molar-refractivity contribution in [3.63, 3.8) is 0 Å². The molecular formula is C19H21N5O. The molecule has 1 N–H and O–H groups in total. The molecule has 0 bridgehead atoms. The van der Waals surface area contributed by atoms with Gasteiger partial charge in [0.15, 0.2) is 5.82 Å². The summed E-state index contributed by atoms with van der Waals surface area (Å²) >= 11 is 0. The first kappa shape index (κ1) is 15.6. The molecule has 0 unspecified atom stereocenters. The van der Waals surface area contributed by atoms with Crippen molar-refractivity contribution in [2.75, 3.05) is 13.6 Å². The first-order valence-electron chi connectivity index (χ1n) is 8.48. The molecule has 6 nitrogen and oxygen atoms in total. The molecule has 3 aromatic rings. The maximum atomic E-state index is 11.8. The Morgan fingerprint density at radius 3 is 2.68 bits per heavy atom. The number of carbonyl (C=O) groups excluding carboxylic acids is 1. The van der Waals surface area contributed by atoms with E-state index in [1.165, 1.54) is 0 Å². The number of amides is 1. The Morgan fingerprint density at radius 1 is 1.24 bits per heavy atom. The Kier molecular flexibility index (Phi) is 3.87. The summed E-state index contributed by atoms with van der Waals surface area (Å²) in [5, 5.41) is 0. The van der Waals surface area contributed by atoms with Crippen molar-refractivity contribution in [3.05, 3.63) is 48.5 Å². The van der Waals surface area contributed by atoms with Crippen LogP contribution < -0.4 is 0 Å². The lowest BCUT2D eigenvalue weighted by atomic mass is 10.1. The zero-order chi connectivity index (χ0) is 17.4. The summed E-state index contributed by atoms with van der Waals surface area (Å²) in [6.45, 7) is 3.53. The summed E-state index contributed by atoms with van der Waals surface area (Å²) in [5.41, 5.74) is 3.95. The number of aromatic nitrogens is 4. The maximum Gasteiger partial charge on any atom is 0.222 e. The molecule has 1 amide bonds. The van der Waals surface area contributed by atoms with Crippen molar-refractivity contribution < 1.29 is 4.79 Å². The van der Waals surface area contributed by atoms with E-state index >= 15 is 0 Å². The number of H-pyrrole nitrogens is 1. The Morgan fingerprint density at radius 2 is 2.04 bits per heavy atom. The summed E-state index contributed by atoms with van der Waals surface area (Å²) in [5.74, 6) is 1.32. The van der Waals surface area contributed by atoms with E-state index in [4.69, 9.17) is 0 Å². The van der Waals surface area contributed by atoms with Gasteiger partial charge in [-0.25, -0.2) is 9.97 Å². The molecule has 1 atom stereocenters. The summed E-state index contributed by atoms with van der Waals surface area (Å²) in [6.07, 6.45) is 4.28. The Balaban J connectivity index is 1.74. The molecular weight excluding hydrogens is 314 g/mol. The second kappa shape index (κ2) is 6.20. The quantitative estimate of drug-likeness (QED) is 0.797. The fourth-order valence-electron chi connectivity index (χ4n) is 3.47. The number of imidazole rings is 2. The Labute approximate surface area is 146 Å². The van der Waals surface area contributed by atoms with Crippen LogP contribution in [0.2, 0.25) is 0 Å². The molecule has 1 saturated heterocycles. The fourth-order valence-corrected chi connectivity index (χ4v) is 3.47. The first-order valence-corrected chi connectivity index (χ1v) is 8.48. The lowest BCUT2D eigenvalue weighted by Crippen LogP contribution is -2.20. The maximum absolute atomic E-state index is 11.8. The average molecular weight is 335 g/mol. The van der Waals surface area contributed by atoms with Crippen LogP contribution in [0.3, 0.4) is 0 Å². The van der Waals surface area contributed by atoms with E-state index < -0.39 is 0 Å². The molecule has 4 rings (SSSR count). The van der Waals surface area contributed by atoms with Gasteiger partial charge in [-0.1, -0.05) is 30.3 Å². The van der Waals surface area contributed by atoms with Gasteiger partial charge in [-0.15, -0.1) is 0 Å². The third-order valence-electron chi connectivity index (χ3n) is 4.69. The van der Waals surface area contributed by atoms with Crippen LogP contribution in [0.15, 0.2) is 42.9 Å². The van der Waals surface area contributed by atoms with E-state index in [1.54, 1.807) is 4.90 Å². The van der Waals surface area contributed by atoms with Crippen molar-refractivity contribution >= 4 is 5.91 Å². The lowest BCUT2D eigenvalue weighted by Gasteiger charge is -2.13. The SMILES string of the molecule is Cc1cnc(-c2c(-c3ccccc3)ncn2C[C@H]2CC(=O)N(C)C2)[nH]1. The monoisotopic (exact) mass is 335 g/mol. The highest BCUT2D eigenvalue weighted by molar-refractivity contribution is 5.78. The van der Waals surface area contributed by atoms with Gasteiger partial charge in [0.1, 0.15) is 5.69 Å². The van der Waals surface area contributed by atoms with Crippen LogP contribution in [0, 0.1) is 12.8 Å². The van der Waals surface area contributed by atoms with Crippen LogP contribution in [0.5, 0.6) is 0 Å². The number of nitrogens with zero attached hydrogens (tertiary/aromatic N) is 4. The van der Waals surface area contributed by atoms with Crippen LogP contribution >= 0.6 is 0 Å². The summed E-state index contributed by atoms with van der Waals surface area (Å²) < 4.78 is 2.12. The second-order valence-corrected chi connectivity index (χ2v) is 6.72. The number of benzene rings is 1. The minimum Gasteiger partial charge on any atom is -0.345 e. The van der Waals surface area contributed by atoms with Gasteiger partial charge in [-0.2, -0.15) is 0 Å². The molecule has 0 radical (unpaired) electrons. The van der Waals surface area contributed by atoms with Crippen molar-refractivity contribution in [1.82, 2.24) is 24.4 Å². The van der Waals surface area contributed by atoms with Gasteiger partial charge >= 0.3 is 0 Å². The summed E-state index contributed by atoms with van der Waals surface area (Å²) in [6, 6.07) is 10.1. The van der Waals surface area contributed by atoms with Crippen LogP contribution in [-0.4, -0.2) is 43.9 Å². The largest absolute Gasteiger partial charge is 0.345 e. The van der Waals surface area contributed by atoms with E-state index in [1.807, 2.05) is 44.7 Å². The van der Waals surface area contributed by atoms with Gasteiger partial charge in [-0.3, -0.25) is 4.79 Å². The molecule has 1 aliphatic rings. The van der Waals surface area contributed by atoms with Crippen molar-refractivity contribution in [3.8, 4) is 22.8 Å².